The summed E-state index contributed by atoms with van der Waals surface area (Å²) in [4.78, 5) is 11.1. The van der Waals surface area contributed by atoms with E-state index in [4.69, 9.17) is 10.4 Å². The minimum absolute atomic E-state index is 0.0542. The predicted octanol–water partition coefficient (Wildman–Crippen LogP) is 1.80. The van der Waals surface area contributed by atoms with Gasteiger partial charge in [-0.25, -0.2) is 13.2 Å². The van der Waals surface area contributed by atoms with Gasteiger partial charge in [0.15, 0.2) is 0 Å². The number of hydrogen-bond acceptors (Lipinski definition) is 4. The number of carboxylic acid groups (broad SMARTS) is 1. The molecule has 0 unspecified atom stereocenters. The van der Waals surface area contributed by atoms with Crippen LogP contribution >= 0.6 is 0 Å². The Hall–Kier alpha value is -2.07. The molecule has 0 atom stereocenters. The number of anilines is 1. The molecule has 19 heavy (non-hydrogen) atoms. The first kappa shape index (κ1) is 15.0. The molecule has 0 saturated heterocycles. The van der Waals surface area contributed by atoms with E-state index in [1.807, 2.05) is 0 Å². The van der Waals surface area contributed by atoms with Gasteiger partial charge < -0.3 is 5.11 Å². The van der Waals surface area contributed by atoms with E-state index in [2.05, 4.69) is 4.72 Å². The van der Waals surface area contributed by atoms with Crippen LogP contribution in [0.5, 0.6) is 0 Å². The molecule has 0 amide bonds. The Morgan fingerprint density at radius 1 is 1.37 bits per heavy atom. The summed E-state index contributed by atoms with van der Waals surface area (Å²) in [5.74, 6) is -1.30. The molecule has 7 heteroatoms. The number of nitrogens with one attached hydrogen (secondary N) is 1. The number of rotatable bonds is 3. The Morgan fingerprint density at radius 3 is 2.37 bits per heavy atom. The third-order valence-corrected chi connectivity index (χ3v) is 4.53. The largest absolute Gasteiger partial charge is 0.478 e. The van der Waals surface area contributed by atoms with Crippen molar-refractivity contribution in [1.82, 2.24) is 0 Å². The summed E-state index contributed by atoms with van der Waals surface area (Å²) in [7, 11) is -3.72. The van der Waals surface area contributed by atoms with Gasteiger partial charge in [0.25, 0.3) is 0 Å². The molecule has 0 aliphatic rings. The number of hydrogen-bond donors (Lipinski definition) is 2. The second-order valence-corrected chi connectivity index (χ2v) is 7.33. The Bertz CT molecular complexity index is 651. The van der Waals surface area contributed by atoms with Crippen LogP contribution in [0.15, 0.2) is 18.2 Å². The fourth-order valence-corrected chi connectivity index (χ4v) is 1.95. The number of nitriles is 1. The highest BCUT2D eigenvalue weighted by molar-refractivity contribution is 7.94. The van der Waals surface area contributed by atoms with Crippen molar-refractivity contribution in [3.63, 3.8) is 0 Å². The molecule has 0 aliphatic carbocycles. The van der Waals surface area contributed by atoms with Crippen LogP contribution in [-0.4, -0.2) is 24.2 Å². The van der Waals surface area contributed by atoms with Crippen molar-refractivity contribution in [2.24, 2.45) is 0 Å². The molecule has 2 N–H and O–H groups in total. The number of benzene rings is 1. The van der Waals surface area contributed by atoms with E-state index in [-0.39, 0.29) is 16.8 Å². The van der Waals surface area contributed by atoms with Gasteiger partial charge in [0.1, 0.15) is 0 Å². The third kappa shape index (κ3) is 3.23. The fraction of sp³-hybridized carbons (Fsp3) is 0.333. The topological polar surface area (TPSA) is 107 Å². The Kier molecular flexibility index (Phi) is 3.86. The van der Waals surface area contributed by atoms with Gasteiger partial charge >= 0.3 is 5.97 Å². The molecule has 0 fully saturated rings. The van der Waals surface area contributed by atoms with Gasteiger partial charge in [-0.2, -0.15) is 5.26 Å². The average Bonchev–Trinajstić information content (AvgIpc) is 2.27. The smallest absolute Gasteiger partial charge is 0.337 e. The standard InChI is InChI=1S/C12H14N2O4S/c1-12(2,3)19(17,18)14-10-5-4-8(7-13)6-9(10)11(15)16/h4-6,14H,1-3H3,(H,15,16). The molecule has 0 bridgehead atoms. The summed E-state index contributed by atoms with van der Waals surface area (Å²) in [5.41, 5.74) is -0.163. The lowest BCUT2D eigenvalue weighted by atomic mass is 10.1. The van der Waals surface area contributed by atoms with Crippen molar-refractivity contribution in [2.75, 3.05) is 4.72 Å². The number of nitrogens with zero attached hydrogens (tertiary/aromatic N) is 1. The van der Waals surface area contributed by atoms with Gasteiger partial charge in [-0.05, 0) is 39.0 Å². The molecule has 0 aliphatic heterocycles. The zero-order chi connectivity index (χ0) is 14.8. The van der Waals surface area contributed by atoms with Gasteiger partial charge in [-0.1, -0.05) is 0 Å². The zero-order valence-corrected chi connectivity index (χ0v) is 11.6. The summed E-state index contributed by atoms with van der Waals surface area (Å²) in [6, 6.07) is 5.55. The van der Waals surface area contributed by atoms with E-state index in [0.717, 1.165) is 6.07 Å². The Morgan fingerprint density at radius 2 is 1.95 bits per heavy atom. The summed E-state index contributed by atoms with van der Waals surface area (Å²) < 4.78 is 25.1. The van der Waals surface area contributed by atoms with Crippen molar-refractivity contribution in [1.29, 1.82) is 5.26 Å². The Labute approximate surface area is 111 Å². The quantitative estimate of drug-likeness (QED) is 0.878. The molecule has 1 aromatic rings. The van der Waals surface area contributed by atoms with E-state index < -0.39 is 20.7 Å². The maximum Gasteiger partial charge on any atom is 0.337 e. The molecule has 0 spiro atoms. The predicted molar refractivity (Wildman–Crippen MR) is 70.4 cm³/mol. The van der Waals surface area contributed by atoms with Crippen molar-refractivity contribution in [2.45, 2.75) is 25.5 Å². The van der Waals surface area contributed by atoms with Gasteiger partial charge in [0.05, 0.1) is 27.6 Å². The van der Waals surface area contributed by atoms with Crippen molar-refractivity contribution in [3.05, 3.63) is 29.3 Å². The first-order valence-corrected chi connectivity index (χ1v) is 6.86. The van der Waals surface area contributed by atoms with Crippen LogP contribution in [0.1, 0.15) is 36.7 Å². The van der Waals surface area contributed by atoms with E-state index in [1.54, 1.807) is 6.07 Å². The lowest BCUT2D eigenvalue weighted by molar-refractivity contribution is 0.0698. The van der Waals surface area contributed by atoms with E-state index >= 15 is 0 Å². The number of carbonyl (C=O) groups is 1. The second-order valence-electron chi connectivity index (χ2n) is 4.90. The van der Waals surface area contributed by atoms with Crippen molar-refractivity contribution >= 4 is 21.7 Å². The normalized spacial score (nSPS) is 11.7. The van der Waals surface area contributed by atoms with E-state index in [0.29, 0.717) is 0 Å². The molecular formula is C12H14N2O4S. The van der Waals surface area contributed by atoms with E-state index in [1.165, 1.54) is 32.9 Å². The minimum Gasteiger partial charge on any atom is -0.478 e. The van der Waals surface area contributed by atoms with Gasteiger partial charge in [-0.15, -0.1) is 0 Å². The Balaban J connectivity index is 3.31. The maximum absolute atomic E-state index is 12.0. The number of aromatic carboxylic acids is 1. The van der Waals surface area contributed by atoms with Crippen LogP contribution in [-0.2, 0) is 10.0 Å². The van der Waals surface area contributed by atoms with Crippen LogP contribution in [0.4, 0.5) is 5.69 Å². The molecule has 6 nitrogen and oxygen atoms in total. The summed E-state index contributed by atoms with van der Waals surface area (Å²) in [6.07, 6.45) is 0. The number of sulfonamides is 1. The van der Waals surface area contributed by atoms with Crippen LogP contribution in [0.25, 0.3) is 0 Å². The van der Waals surface area contributed by atoms with Gasteiger partial charge in [0, 0.05) is 0 Å². The molecule has 0 saturated carbocycles. The molecule has 0 radical (unpaired) electrons. The lowest BCUT2D eigenvalue weighted by Crippen LogP contribution is -2.34. The third-order valence-electron chi connectivity index (χ3n) is 2.43. The first-order chi connectivity index (χ1) is 8.58. The average molecular weight is 282 g/mol. The monoisotopic (exact) mass is 282 g/mol. The molecule has 0 heterocycles. The fourth-order valence-electron chi connectivity index (χ4n) is 1.18. The van der Waals surface area contributed by atoms with Crippen LogP contribution < -0.4 is 4.72 Å². The van der Waals surface area contributed by atoms with Gasteiger partial charge in [-0.3, -0.25) is 4.72 Å². The molecule has 102 valence electrons. The van der Waals surface area contributed by atoms with Crippen LogP contribution in [0.3, 0.4) is 0 Å². The number of carboxylic acids is 1. The van der Waals surface area contributed by atoms with Crippen LogP contribution in [0, 0.1) is 11.3 Å². The zero-order valence-electron chi connectivity index (χ0n) is 10.8. The first-order valence-electron chi connectivity index (χ1n) is 5.38. The highest BCUT2D eigenvalue weighted by Gasteiger charge is 2.30. The summed E-state index contributed by atoms with van der Waals surface area (Å²) >= 11 is 0. The van der Waals surface area contributed by atoms with Crippen LogP contribution in [0.2, 0.25) is 0 Å². The highest BCUT2D eigenvalue weighted by Crippen LogP contribution is 2.23. The summed E-state index contributed by atoms with van der Waals surface area (Å²) in [5, 5.41) is 17.8. The van der Waals surface area contributed by atoms with Gasteiger partial charge in [0.2, 0.25) is 10.0 Å². The highest BCUT2D eigenvalue weighted by atomic mass is 32.2. The maximum atomic E-state index is 12.0. The minimum atomic E-state index is -3.72. The lowest BCUT2D eigenvalue weighted by Gasteiger charge is -2.21. The summed E-state index contributed by atoms with van der Waals surface area (Å²) in [6.45, 7) is 4.50. The molecule has 1 rings (SSSR count). The molecule has 1 aromatic carbocycles. The molecule has 0 aromatic heterocycles. The second kappa shape index (κ2) is 4.90. The van der Waals surface area contributed by atoms with E-state index in [9.17, 15) is 13.2 Å². The van der Waals surface area contributed by atoms with Crippen molar-refractivity contribution in [3.8, 4) is 6.07 Å². The SMILES string of the molecule is CC(C)(C)S(=O)(=O)Nc1ccc(C#N)cc1C(=O)O. The van der Waals surface area contributed by atoms with Crippen molar-refractivity contribution < 1.29 is 18.3 Å². The molecular weight excluding hydrogens is 268 g/mol.